The molecule has 6 nitrogen and oxygen atoms in total. The van der Waals surface area contributed by atoms with Gasteiger partial charge in [0.15, 0.2) is 16.6 Å². The second-order valence-electron chi connectivity index (χ2n) is 7.16. The number of rotatable bonds is 6. The molecule has 0 aliphatic rings. The number of para-hydroxylation sites is 1. The number of hydrogen-bond acceptors (Lipinski definition) is 5. The smallest absolute Gasteiger partial charge is 0.237 e. The van der Waals surface area contributed by atoms with Crippen molar-refractivity contribution in [2.45, 2.75) is 37.6 Å². The van der Waals surface area contributed by atoms with Crippen LogP contribution in [0.2, 0.25) is 0 Å². The van der Waals surface area contributed by atoms with Gasteiger partial charge in [-0.1, -0.05) is 36.9 Å². The summed E-state index contributed by atoms with van der Waals surface area (Å²) in [7, 11) is 0. The molecule has 0 saturated heterocycles. The van der Waals surface area contributed by atoms with Gasteiger partial charge in [-0.25, -0.2) is 0 Å². The van der Waals surface area contributed by atoms with E-state index in [-0.39, 0.29) is 16.9 Å². The Morgan fingerprint density at radius 1 is 1.10 bits per heavy atom. The van der Waals surface area contributed by atoms with E-state index in [0.717, 1.165) is 22.1 Å². The van der Waals surface area contributed by atoms with Crippen LogP contribution in [0.15, 0.2) is 59.8 Å². The lowest BCUT2D eigenvalue weighted by Gasteiger charge is -2.14. The number of pyridine rings is 1. The van der Waals surface area contributed by atoms with Crippen molar-refractivity contribution in [2.75, 3.05) is 5.32 Å². The highest BCUT2D eigenvalue weighted by atomic mass is 32.2. The van der Waals surface area contributed by atoms with E-state index < -0.39 is 0 Å². The Labute approximate surface area is 178 Å². The normalized spacial score (nSPS) is 12.2. The summed E-state index contributed by atoms with van der Waals surface area (Å²) in [6.07, 6.45) is 0.640. The lowest BCUT2D eigenvalue weighted by Crippen LogP contribution is -2.24. The molecule has 152 valence electrons. The number of carbonyl (C=O) groups is 2. The van der Waals surface area contributed by atoms with Crippen LogP contribution >= 0.6 is 11.8 Å². The zero-order valence-electron chi connectivity index (χ0n) is 17.0. The minimum absolute atomic E-state index is 0.00369. The van der Waals surface area contributed by atoms with Gasteiger partial charge < -0.3 is 5.32 Å². The maximum absolute atomic E-state index is 12.9. The molecule has 1 amide bonds. The molecule has 1 unspecified atom stereocenters. The molecule has 1 N–H and O–H groups in total. The van der Waals surface area contributed by atoms with Gasteiger partial charge in [-0.05, 0) is 62.2 Å². The second-order valence-corrected chi connectivity index (χ2v) is 8.33. The maximum atomic E-state index is 12.9. The molecule has 0 saturated carbocycles. The number of benzene rings is 2. The Hall–Kier alpha value is -3.19. The Morgan fingerprint density at radius 3 is 2.53 bits per heavy atom. The fraction of sp³-hybridized carbons (Fsp3) is 0.217. The minimum Gasteiger partial charge on any atom is -0.325 e. The van der Waals surface area contributed by atoms with Gasteiger partial charge in [0.25, 0.3) is 0 Å². The topological polar surface area (TPSA) is 76.4 Å². The molecule has 2 heterocycles. The zero-order valence-corrected chi connectivity index (χ0v) is 17.9. The molecule has 4 aromatic rings. The third kappa shape index (κ3) is 3.80. The van der Waals surface area contributed by atoms with Gasteiger partial charge in [0.1, 0.15) is 0 Å². The van der Waals surface area contributed by atoms with Gasteiger partial charge in [-0.3, -0.25) is 14.0 Å². The number of hydrogen-bond donors (Lipinski definition) is 1. The van der Waals surface area contributed by atoms with Gasteiger partial charge in [0, 0.05) is 16.6 Å². The first kappa shape index (κ1) is 20.1. The molecule has 2 aromatic carbocycles. The van der Waals surface area contributed by atoms with E-state index in [2.05, 4.69) is 28.5 Å². The fourth-order valence-electron chi connectivity index (χ4n) is 3.41. The van der Waals surface area contributed by atoms with Crippen molar-refractivity contribution >= 4 is 45.7 Å². The number of aromatic nitrogens is 3. The number of nitrogens with one attached hydrogen (secondary N) is 1. The van der Waals surface area contributed by atoms with Crippen LogP contribution in [-0.2, 0) is 4.79 Å². The van der Waals surface area contributed by atoms with Crippen LogP contribution in [0.25, 0.3) is 16.6 Å². The molecule has 0 aliphatic carbocycles. The molecule has 0 radical (unpaired) electrons. The standard InChI is InChI=1S/C23H22N4O2S/c1-4-20(22(29)24-17-11-9-16(10-12-17)15(3)28)30-23-26-25-21-13-14(2)18-7-5-6-8-19(18)27(21)23/h5-13,20H,4H2,1-3H3,(H,24,29). The third-order valence-electron chi connectivity index (χ3n) is 5.04. The van der Waals surface area contributed by atoms with Crippen LogP contribution in [-0.4, -0.2) is 31.5 Å². The summed E-state index contributed by atoms with van der Waals surface area (Å²) in [5.74, 6) is -0.109. The van der Waals surface area contributed by atoms with Gasteiger partial charge in [-0.2, -0.15) is 0 Å². The Kier molecular flexibility index (Phi) is 5.55. The predicted molar refractivity (Wildman–Crippen MR) is 120 cm³/mol. The number of anilines is 1. The molecule has 0 aliphatic heterocycles. The van der Waals surface area contributed by atoms with Crippen molar-refractivity contribution in [3.8, 4) is 0 Å². The largest absolute Gasteiger partial charge is 0.325 e. The minimum atomic E-state index is -0.329. The van der Waals surface area contributed by atoms with Crippen LogP contribution < -0.4 is 5.32 Å². The van der Waals surface area contributed by atoms with Crippen LogP contribution in [0, 0.1) is 6.92 Å². The van der Waals surface area contributed by atoms with E-state index in [1.807, 2.05) is 35.6 Å². The predicted octanol–water partition coefficient (Wildman–Crippen LogP) is 4.90. The Morgan fingerprint density at radius 2 is 1.83 bits per heavy atom. The number of aryl methyl sites for hydroxylation is 1. The average Bonchev–Trinajstić information content (AvgIpc) is 3.15. The molecule has 30 heavy (non-hydrogen) atoms. The summed E-state index contributed by atoms with van der Waals surface area (Å²) in [6.45, 7) is 5.55. The van der Waals surface area contributed by atoms with Crippen molar-refractivity contribution in [3.63, 3.8) is 0 Å². The van der Waals surface area contributed by atoms with E-state index in [4.69, 9.17) is 0 Å². The van der Waals surface area contributed by atoms with Crippen molar-refractivity contribution in [1.29, 1.82) is 0 Å². The summed E-state index contributed by atoms with van der Waals surface area (Å²) in [4.78, 5) is 24.3. The van der Waals surface area contributed by atoms with E-state index in [1.165, 1.54) is 18.7 Å². The molecule has 1 atom stereocenters. The Balaban J connectivity index is 1.60. The molecule has 0 spiro atoms. The highest BCUT2D eigenvalue weighted by Gasteiger charge is 2.22. The quantitative estimate of drug-likeness (QED) is 0.356. The van der Waals surface area contributed by atoms with Crippen molar-refractivity contribution in [3.05, 3.63) is 65.7 Å². The lowest BCUT2D eigenvalue weighted by molar-refractivity contribution is -0.115. The molecule has 7 heteroatoms. The van der Waals surface area contributed by atoms with Crippen molar-refractivity contribution in [2.24, 2.45) is 0 Å². The van der Waals surface area contributed by atoms with Gasteiger partial charge in [0.05, 0.1) is 10.8 Å². The van der Waals surface area contributed by atoms with E-state index in [9.17, 15) is 9.59 Å². The highest BCUT2D eigenvalue weighted by Crippen LogP contribution is 2.29. The number of nitrogens with zero attached hydrogens (tertiary/aromatic N) is 3. The Bertz CT molecular complexity index is 1250. The van der Waals surface area contributed by atoms with Crippen molar-refractivity contribution in [1.82, 2.24) is 14.6 Å². The first-order valence-electron chi connectivity index (χ1n) is 9.80. The average molecular weight is 419 g/mol. The number of amides is 1. The molecule has 0 fully saturated rings. The lowest BCUT2D eigenvalue weighted by atomic mass is 10.1. The van der Waals surface area contributed by atoms with E-state index in [0.29, 0.717) is 22.8 Å². The van der Waals surface area contributed by atoms with Crippen LogP contribution in [0.4, 0.5) is 5.69 Å². The molecule has 4 rings (SSSR count). The van der Waals surface area contributed by atoms with Gasteiger partial charge in [-0.15, -0.1) is 10.2 Å². The van der Waals surface area contributed by atoms with Gasteiger partial charge >= 0.3 is 0 Å². The monoisotopic (exact) mass is 418 g/mol. The first-order chi connectivity index (χ1) is 14.5. The fourth-order valence-corrected chi connectivity index (χ4v) is 4.38. The summed E-state index contributed by atoms with van der Waals surface area (Å²) < 4.78 is 2.00. The number of carbonyl (C=O) groups excluding carboxylic acids is 2. The summed E-state index contributed by atoms with van der Waals surface area (Å²) in [6, 6.07) is 17.1. The number of ketones is 1. The van der Waals surface area contributed by atoms with Gasteiger partial charge in [0.2, 0.25) is 5.91 Å². The zero-order chi connectivity index (χ0) is 21.3. The summed E-state index contributed by atoms with van der Waals surface area (Å²) in [5, 5.41) is 13.1. The number of thioether (sulfide) groups is 1. The van der Waals surface area contributed by atoms with Crippen LogP contribution in [0.3, 0.4) is 0 Å². The first-order valence-corrected chi connectivity index (χ1v) is 10.7. The molecular weight excluding hydrogens is 396 g/mol. The third-order valence-corrected chi connectivity index (χ3v) is 6.35. The number of fused-ring (bicyclic) bond motifs is 3. The van der Waals surface area contributed by atoms with E-state index >= 15 is 0 Å². The summed E-state index contributed by atoms with van der Waals surface area (Å²) >= 11 is 1.40. The molecular formula is C23H22N4O2S. The maximum Gasteiger partial charge on any atom is 0.237 e. The summed E-state index contributed by atoms with van der Waals surface area (Å²) in [5.41, 5.74) is 4.21. The highest BCUT2D eigenvalue weighted by molar-refractivity contribution is 8.00. The molecule has 0 bridgehead atoms. The molecule has 2 aromatic heterocycles. The van der Waals surface area contributed by atoms with E-state index in [1.54, 1.807) is 24.3 Å². The number of Topliss-reactive ketones (excluding diaryl/α,β-unsaturated/α-hetero) is 1. The van der Waals surface area contributed by atoms with Crippen LogP contribution in [0.1, 0.15) is 36.2 Å². The second kappa shape index (κ2) is 8.28. The van der Waals surface area contributed by atoms with Crippen molar-refractivity contribution < 1.29 is 9.59 Å². The SMILES string of the molecule is CCC(Sc1nnc2cc(C)c3ccccc3n12)C(=O)Nc1ccc(C(C)=O)cc1. The van der Waals surface area contributed by atoms with Crippen LogP contribution in [0.5, 0.6) is 0 Å².